The van der Waals surface area contributed by atoms with Crippen LogP contribution in [0.1, 0.15) is 22.8 Å². The first-order chi connectivity index (χ1) is 13.3. The van der Waals surface area contributed by atoms with Crippen LogP contribution in [0, 0.1) is 17.0 Å². The summed E-state index contributed by atoms with van der Waals surface area (Å²) in [5, 5.41) is 21.3. The van der Waals surface area contributed by atoms with Crippen LogP contribution >= 0.6 is 0 Å². The van der Waals surface area contributed by atoms with E-state index in [-0.39, 0.29) is 11.3 Å². The number of pyridine rings is 1. The van der Waals surface area contributed by atoms with Crippen LogP contribution in [-0.2, 0) is 0 Å². The Labute approximate surface area is 160 Å². The Morgan fingerprint density at radius 2 is 1.96 bits per heavy atom. The Morgan fingerprint density at radius 3 is 2.57 bits per heavy atom. The normalized spacial score (nSPS) is 10.7. The van der Waals surface area contributed by atoms with E-state index in [0.717, 1.165) is 0 Å². The van der Waals surface area contributed by atoms with Crippen LogP contribution in [0.2, 0.25) is 0 Å². The Balaban J connectivity index is 2.28. The summed E-state index contributed by atoms with van der Waals surface area (Å²) in [7, 11) is 1.48. The molecule has 1 aromatic heterocycles. The molecule has 0 aliphatic carbocycles. The molecule has 0 saturated heterocycles. The second-order valence-electron chi connectivity index (χ2n) is 6.07. The van der Waals surface area contributed by atoms with Crippen molar-refractivity contribution in [3.05, 3.63) is 57.6 Å². The van der Waals surface area contributed by atoms with Gasteiger partial charge in [-0.3, -0.25) is 10.1 Å². The topological polar surface area (TPSA) is 112 Å². The minimum Gasteiger partial charge on any atom is -0.493 e. The number of nitrogens with zero attached hydrogens (tertiary/aromatic N) is 2. The van der Waals surface area contributed by atoms with Gasteiger partial charge in [-0.15, -0.1) is 0 Å². The molecule has 3 aromatic rings. The van der Waals surface area contributed by atoms with Gasteiger partial charge in [0.05, 0.1) is 35.4 Å². The van der Waals surface area contributed by atoms with Gasteiger partial charge < -0.3 is 14.6 Å². The van der Waals surface area contributed by atoms with E-state index in [1.54, 1.807) is 31.2 Å². The number of carbonyl (C=O) groups is 1. The summed E-state index contributed by atoms with van der Waals surface area (Å²) in [4.78, 5) is 27.1. The van der Waals surface area contributed by atoms with E-state index < -0.39 is 10.9 Å². The minimum atomic E-state index is -1.14. The number of rotatable bonds is 6. The molecule has 8 heteroatoms. The molecule has 0 aliphatic heterocycles. The number of aromatic nitrogens is 1. The number of benzene rings is 2. The van der Waals surface area contributed by atoms with Crippen LogP contribution < -0.4 is 9.47 Å². The van der Waals surface area contributed by atoms with Gasteiger partial charge in [0.15, 0.2) is 11.5 Å². The second kappa shape index (κ2) is 7.51. The Kier molecular flexibility index (Phi) is 5.12. The van der Waals surface area contributed by atoms with Gasteiger partial charge >= 0.3 is 5.97 Å². The smallest absolute Gasteiger partial charge is 0.336 e. The molecular weight excluding hydrogens is 364 g/mol. The van der Waals surface area contributed by atoms with Gasteiger partial charge in [-0.1, -0.05) is 12.1 Å². The van der Waals surface area contributed by atoms with Crippen molar-refractivity contribution in [1.29, 1.82) is 0 Å². The van der Waals surface area contributed by atoms with Gasteiger partial charge in [-0.2, -0.15) is 0 Å². The average Bonchev–Trinajstić information content (AvgIpc) is 2.66. The van der Waals surface area contributed by atoms with E-state index in [0.29, 0.717) is 45.8 Å². The molecule has 0 amide bonds. The van der Waals surface area contributed by atoms with Gasteiger partial charge in [-0.05, 0) is 26.0 Å². The zero-order chi connectivity index (χ0) is 20.4. The first-order valence-corrected chi connectivity index (χ1v) is 8.50. The molecule has 0 unspecified atom stereocenters. The average molecular weight is 382 g/mol. The van der Waals surface area contributed by atoms with Gasteiger partial charge in [0.25, 0.3) is 5.69 Å². The highest BCUT2D eigenvalue weighted by molar-refractivity contribution is 6.04. The predicted octanol–water partition coefficient (Wildman–Crippen LogP) is 4.22. The summed E-state index contributed by atoms with van der Waals surface area (Å²) in [5.74, 6) is -0.298. The van der Waals surface area contributed by atoms with Crippen molar-refractivity contribution < 1.29 is 24.3 Å². The molecule has 0 aliphatic rings. The van der Waals surface area contributed by atoms with E-state index in [4.69, 9.17) is 9.47 Å². The molecule has 0 fully saturated rings. The third-order valence-electron chi connectivity index (χ3n) is 4.33. The molecule has 144 valence electrons. The van der Waals surface area contributed by atoms with Gasteiger partial charge in [-0.25, -0.2) is 9.78 Å². The Morgan fingerprint density at radius 1 is 1.21 bits per heavy atom. The lowest BCUT2D eigenvalue weighted by Gasteiger charge is -2.13. The molecule has 28 heavy (non-hydrogen) atoms. The zero-order valence-electron chi connectivity index (χ0n) is 15.6. The molecule has 0 radical (unpaired) electrons. The number of fused-ring (bicyclic) bond motifs is 1. The highest BCUT2D eigenvalue weighted by atomic mass is 16.6. The molecule has 0 spiro atoms. The second-order valence-corrected chi connectivity index (χ2v) is 6.07. The highest BCUT2D eigenvalue weighted by Crippen LogP contribution is 2.35. The van der Waals surface area contributed by atoms with Crippen molar-refractivity contribution in [3.63, 3.8) is 0 Å². The number of carboxylic acid groups (broad SMARTS) is 1. The molecule has 1 heterocycles. The van der Waals surface area contributed by atoms with Crippen LogP contribution in [-0.4, -0.2) is 34.7 Å². The van der Waals surface area contributed by atoms with Gasteiger partial charge in [0, 0.05) is 28.6 Å². The fraction of sp³-hybridized carbons (Fsp3) is 0.200. The number of hydrogen-bond acceptors (Lipinski definition) is 6. The maximum absolute atomic E-state index is 11.8. The van der Waals surface area contributed by atoms with Crippen LogP contribution in [0.5, 0.6) is 11.5 Å². The molecule has 8 nitrogen and oxygen atoms in total. The lowest BCUT2D eigenvalue weighted by atomic mass is 10.0. The number of aromatic carboxylic acids is 1. The number of nitro benzene ring substituents is 1. The summed E-state index contributed by atoms with van der Waals surface area (Å²) >= 11 is 0. The third kappa shape index (κ3) is 3.44. The predicted molar refractivity (Wildman–Crippen MR) is 103 cm³/mol. The van der Waals surface area contributed by atoms with E-state index in [1.807, 2.05) is 6.92 Å². The maximum Gasteiger partial charge on any atom is 0.336 e. The first-order valence-electron chi connectivity index (χ1n) is 8.50. The maximum atomic E-state index is 11.8. The molecule has 0 atom stereocenters. The first kappa shape index (κ1) is 19.1. The Hall–Kier alpha value is -3.68. The van der Waals surface area contributed by atoms with Crippen LogP contribution in [0.4, 0.5) is 5.69 Å². The van der Waals surface area contributed by atoms with Gasteiger partial charge in [0.1, 0.15) is 0 Å². The van der Waals surface area contributed by atoms with Crippen molar-refractivity contribution in [2.75, 3.05) is 13.7 Å². The summed E-state index contributed by atoms with van der Waals surface area (Å²) in [5.41, 5.74) is 1.63. The Bertz CT molecular complexity index is 1090. The molecule has 3 rings (SSSR count). The molecule has 2 aromatic carbocycles. The molecule has 0 saturated carbocycles. The summed E-state index contributed by atoms with van der Waals surface area (Å²) < 4.78 is 10.8. The molecular formula is C20H18N2O6. The summed E-state index contributed by atoms with van der Waals surface area (Å²) in [6.07, 6.45) is 0. The van der Waals surface area contributed by atoms with E-state index in [9.17, 15) is 20.0 Å². The van der Waals surface area contributed by atoms with Gasteiger partial charge in [0.2, 0.25) is 0 Å². The van der Waals surface area contributed by atoms with Crippen LogP contribution in [0.3, 0.4) is 0 Å². The van der Waals surface area contributed by atoms with Crippen molar-refractivity contribution in [2.24, 2.45) is 0 Å². The highest BCUT2D eigenvalue weighted by Gasteiger charge is 2.18. The standard InChI is InChI=1S/C20H18N2O6/c1-4-28-19-9-13-14(20(23)24)8-15(21-16(13)10-18(19)27-3)12-6-5-11(2)17(7-12)22(25)26/h5-10H,4H2,1-3H3,(H,23,24). The van der Waals surface area contributed by atoms with Crippen molar-refractivity contribution in [1.82, 2.24) is 4.98 Å². The zero-order valence-corrected chi connectivity index (χ0v) is 15.6. The molecule has 1 N–H and O–H groups in total. The fourth-order valence-electron chi connectivity index (χ4n) is 2.95. The third-order valence-corrected chi connectivity index (χ3v) is 4.33. The fourth-order valence-corrected chi connectivity index (χ4v) is 2.95. The van der Waals surface area contributed by atoms with Crippen LogP contribution in [0.15, 0.2) is 36.4 Å². The van der Waals surface area contributed by atoms with Crippen molar-refractivity contribution in [3.8, 4) is 22.8 Å². The number of nitro groups is 1. The van der Waals surface area contributed by atoms with E-state index in [2.05, 4.69) is 4.98 Å². The largest absolute Gasteiger partial charge is 0.493 e. The minimum absolute atomic E-state index is 0.0202. The van der Waals surface area contributed by atoms with E-state index in [1.165, 1.54) is 19.2 Å². The SMILES string of the molecule is CCOc1cc2c(C(=O)O)cc(-c3ccc(C)c([N+](=O)[O-])c3)nc2cc1OC. The molecule has 0 bridgehead atoms. The number of methoxy groups -OCH3 is 1. The quantitative estimate of drug-likeness (QED) is 0.501. The number of ether oxygens (including phenoxy) is 2. The summed E-state index contributed by atoms with van der Waals surface area (Å²) in [6, 6.07) is 9.25. The lowest BCUT2D eigenvalue weighted by Crippen LogP contribution is -2.02. The number of aryl methyl sites for hydroxylation is 1. The lowest BCUT2D eigenvalue weighted by molar-refractivity contribution is -0.385. The van der Waals surface area contributed by atoms with Crippen molar-refractivity contribution in [2.45, 2.75) is 13.8 Å². The van der Waals surface area contributed by atoms with Crippen LogP contribution in [0.25, 0.3) is 22.2 Å². The number of hydrogen-bond donors (Lipinski definition) is 1. The monoisotopic (exact) mass is 382 g/mol. The van der Waals surface area contributed by atoms with E-state index >= 15 is 0 Å². The van der Waals surface area contributed by atoms with Crippen molar-refractivity contribution >= 4 is 22.6 Å². The summed E-state index contributed by atoms with van der Waals surface area (Å²) in [6.45, 7) is 3.84. The number of carboxylic acids is 1.